The Morgan fingerprint density at radius 2 is 0.891 bits per heavy atom. The van der Waals surface area contributed by atoms with Gasteiger partial charge in [-0.1, -0.05) is 6.08 Å². The summed E-state index contributed by atoms with van der Waals surface area (Å²) in [5, 5.41) is 183. The number of rotatable bonds is 13. The fourth-order valence-electron chi connectivity index (χ4n) is 8.70. The Labute approximate surface area is 364 Å². The average Bonchev–Trinajstić information content (AvgIpc) is 3.27. The molecule has 0 saturated carbocycles. The Bertz CT molecular complexity index is 1520. The van der Waals surface area contributed by atoms with Crippen LogP contribution in [0.1, 0.15) is 20.8 Å². The van der Waals surface area contributed by atoms with E-state index in [9.17, 15) is 86.8 Å². The predicted molar refractivity (Wildman–Crippen MR) is 200 cm³/mol. The van der Waals surface area contributed by atoms with Gasteiger partial charge in [-0.3, -0.25) is 0 Å². The molecule has 5 heterocycles. The Kier molecular flexibility index (Phi) is 17.5. The van der Waals surface area contributed by atoms with Crippen LogP contribution in [0.25, 0.3) is 0 Å². The molecule has 27 heteroatoms. The van der Waals surface area contributed by atoms with Crippen LogP contribution < -0.4 is 5.32 Å². The molecule has 6 aliphatic rings. The van der Waals surface area contributed by atoms with Crippen molar-refractivity contribution >= 4 is 0 Å². The topological polar surface area (TPSA) is 439 Å². The number of nitrogens with one attached hydrogen (secondary N) is 1. The van der Waals surface area contributed by atoms with E-state index >= 15 is 0 Å². The lowest BCUT2D eigenvalue weighted by atomic mass is 9.86. The largest absolute Gasteiger partial charge is 0.394 e. The molecule has 5 saturated heterocycles. The van der Waals surface area contributed by atoms with Gasteiger partial charge in [0, 0.05) is 0 Å². The van der Waals surface area contributed by atoms with Gasteiger partial charge in [0.05, 0.1) is 50.2 Å². The molecule has 0 bridgehead atoms. The van der Waals surface area contributed by atoms with Gasteiger partial charge in [0.2, 0.25) is 0 Å². The predicted octanol–water partition coefficient (Wildman–Crippen LogP) is -10.9. The molecule has 0 radical (unpaired) electrons. The lowest BCUT2D eigenvalue weighted by Gasteiger charge is -2.49. The molecule has 372 valence electrons. The van der Waals surface area contributed by atoms with E-state index in [-0.39, 0.29) is 5.57 Å². The number of ether oxygens (including phenoxy) is 9. The minimum Gasteiger partial charge on any atom is -0.394 e. The van der Waals surface area contributed by atoms with Crippen LogP contribution in [0.2, 0.25) is 0 Å². The van der Waals surface area contributed by atoms with Gasteiger partial charge in [0.15, 0.2) is 31.5 Å². The molecule has 18 N–H and O–H groups in total. The van der Waals surface area contributed by atoms with Gasteiger partial charge in [0.25, 0.3) is 0 Å². The summed E-state index contributed by atoms with van der Waals surface area (Å²) >= 11 is 0. The number of hydrogen-bond donors (Lipinski definition) is 18. The third kappa shape index (κ3) is 10.3. The van der Waals surface area contributed by atoms with Crippen molar-refractivity contribution in [3.8, 4) is 0 Å². The highest BCUT2D eigenvalue weighted by atomic mass is 16.8. The molecule has 0 amide bonds. The first-order chi connectivity index (χ1) is 30.1. The van der Waals surface area contributed by atoms with Crippen molar-refractivity contribution in [1.29, 1.82) is 0 Å². The lowest BCUT2D eigenvalue weighted by molar-refractivity contribution is -0.372. The first-order valence-corrected chi connectivity index (χ1v) is 20.9. The molecule has 0 spiro atoms. The van der Waals surface area contributed by atoms with E-state index < -0.39 is 198 Å². The van der Waals surface area contributed by atoms with E-state index in [1.54, 1.807) is 0 Å². The monoisotopic (exact) mass is 937 g/mol. The van der Waals surface area contributed by atoms with E-state index in [2.05, 4.69) is 5.32 Å². The molecule has 64 heavy (non-hydrogen) atoms. The van der Waals surface area contributed by atoms with Gasteiger partial charge in [0.1, 0.15) is 116 Å². The second-order valence-corrected chi connectivity index (χ2v) is 17.0. The molecular weight excluding hydrogens is 874 g/mol. The summed E-state index contributed by atoms with van der Waals surface area (Å²) in [6.45, 7) is 1.66. The van der Waals surface area contributed by atoms with Gasteiger partial charge in [-0.25, -0.2) is 0 Å². The zero-order valence-electron chi connectivity index (χ0n) is 34.7. The van der Waals surface area contributed by atoms with Crippen LogP contribution in [0.15, 0.2) is 11.6 Å². The van der Waals surface area contributed by atoms with Crippen molar-refractivity contribution in [2.45, 2.75) is 199 Å². The summed E-state index contributed by atoms with van der Waals surface area (Å²) in [5.74, 6) is 0. The minimum absolute atomic E-state index is 0.101. The zero-order chi connectivity index (χ0) is 47.2. The van der Waals surface area contributed by atoms with Crippen LogP contribution in [0.4, 0.5) is 0 Å². The molecular formula is C37H63NO26. The zero-order valence-corrected chi connectivity index (χ0v) is 34.7. The SMILES string of the molecule is C[C@H]1O[C@H](O[C@H]2[C@H](O)[C@@H](O)[C@@H](O[C@@H]3C(CO)=C[C@H](N[C@H]4[C@H](O)[C@@H](O)[C@@H](O[C@H]5[C@H](O)[C@@H](O)[C@@H](O[C@H]6[C@H](O)[C@@H](O)[C@H](O)O[C@@H]6C)O[C@@H]5CO)O[C@@H]4C)[C@H](O)[C@H]3O)O[C@@H]2CO)[C@H](O)[C@@H](O)[C@@H]1O. The Balaban J connectivity index is 1.07. The average molecular weight is 938 g/mol. The summed E-state index contributed by atoms with van der Waals surface area (Å²) < 4.78 is 50.3. The number of aliphatic hydroxyl groups is 17. The summed E-state index contributed by atoms with van der Waals surface area (Å²) in [6.07, 6.45) is -43.5. The first kappa shape index (κ1) is 52.0. The fraction of sp³-hybridized carbons (Fsp3) is 0.946. The summed E-state index contributed by atoms with van der Waals surface area (Å²) in [6, 6.07) is -2.55. The van der Waals surface area contributed by atoms with Crippen LogP contribution >= 0.6 is 0 Å². The Hall–Kier alpha value is -1.34. The molecule has 5 aliphatic heterocycles. The van der Waals surface area contributed by atoms with Crippen molar-refractivity contribution in [3.05, 3.63) is 11.6 Å². The van der Waals surface area contributed by atoms with Crippen LogP contribution in [0, 0.1) is 0 Å². The van der Waals surface area contributed by atoms with E-state index in [0.29, 0.717) is 0 Å². The third-order valence-corrected chi connectivity index (χ3v) is 12.6. The highest BCUT2D eigenvalue weighted by Crippen LogP contribution is 2.35. The maximum Gasteiger partial charge on any atom is 0.187 e. The van der Waals surface area contributed by atoms with Crippen molar-refractivity contribution in [2.24, 2.45) is 0 Å². The van der Waals surface area contributed by atoms with Crippen molar-refractivity contribution in [3.63, 3.8) is 0 Å². The van der Waals surface area contributed by atoms with Crippen LogP contribution in [-0.2, 0) is 42.6 Å². The summed E-state index contributed by atoms with van der Waals surface area (Å²) in [7, 11) is 0. The Morgan fingerprint density at radius 3 is 1.42 bits per heavy atom. The standard InChI is InChI=1S/C37H63NO26/c1-8-15(18(44)25(51)34(57-8)63-31-13(6-40)59-36(27(53)22(31)48)61-29-10(3)56-33(55)24(50)21(29)47)38-12-4-11(5-39)30(20(46)17(12)43)62-37-28(54)23(49)32(14(7-41)60-37)64-35-26(52)19(45)16(42)9(2)58-35/h4,8-10,12-55H,5-7H2,1-3H3/t8-,9-,10-,12+,13-,14-,15-,16-,17+,18+,19+,20-,21-,22-,23-,24-,25-,26-,27-,28-,29-,30-,31-,32-,33-,34-,35-,36-,37-/m1/s1. The molecule has 0 aromatic rings. The van der Waals surface area contributed by atoms with Gasteiger partial charge < -0.3 is 135 Å². The smallest absolute Gasteiger partial charge is 0.187 e. The first-order valence-electron chi connectivity index (χ1n) is 20.9. The van der Waals surface area contributed by atoms with Gasteiger partial charge >= 0.3 is 0 Å². The summed E-state index contributed by atoms with van der Waals surface area (Å²) in [5.41, 5.74) is -0.101. The van der Waals surface area contributed by atoms with E-state index in [0.717, 1.165) is 0 Å². The molecule has 27 nitrogen and oxygen atoms in total. The highest BCUT2D eigenvalue weighted by molar-refractivity contribution is 5.23. The maximum absolute atomic E-state index is 11.3. The molecule has 29 atom stereocenters. The molecule has 0 unspecified atom stereocenters. The number of hydrogen-bond acceptors (Lipinski definition) is 27. The second-order valence-electron chi connectivity index (χ2n) is 17.0. The van der Waals surface area contributed by atoms with Crippen LogP contribution in [0.5, 0.6) is 0 Å². The van der Waals surface area contributed by atoms with Crippen LogP contribution in [0.3, 0.4) is 0 Å². The third-order valence-electron chi connectivity index (χ3n) is 12.6. The van der Waals surface area contributed by atoms with Crippen molar-refractivity contribution in [2.75, 3.05) is 19.8 Å². The molecule has 0 aromatic heterocycles. The molecule has 5 fully saturated rings. The highest BCUT2D eigenvalue weighted by Gasteiger charge is 2.55. The molecule has 6 rings (SSSR count). The lowest BCUT2D eigenvalue weighted by Crippen LogP contribution is -2.68. The fourth-order valence-corrected chi connectivity index (χ4v) is 8.70. The quantitative estimate of drug-likeness (QED) is 0.0762. The number of aliphatic hydroxyl groups excluding tert-OH is 17. The van der Waals surface area contributed by atoms with Gasteiger partial charge in [-0.2, -0.15) is 0 Å². The van der Waals surface area contributed by atoms with Gasteiger partial charge in [-0.05, 0) is 26.3 Å². The normalized spacial score (nSPS) is 54.1. The van der Waals surface area contributed by atoms with E-state index in [1.807, 2.05) is 0 Å². The molecule has 0 aromatic carbocycles. The summed E-state index contributed by atoms with van der Waals surface area (Å²) in [4.78, 5) is 0. The Morgan fingerprint density at radius 1 is 0.438 bits per heavy atom. The maximum atomic E-state index is 11.3. The molecule has 1 aliphatic carbocycles. The van der Waals surface area contributed by atoms with Crippen LogP contribution in [-0.4, -0.2) is 284 Å². The minimum atomic E-state index is -1.99. The van der Waals surface area contributed by atoms with Crippen molar-refractivity contribution < 1.29 is 129 Å². The van der Waals surface area contributed by atoms with Crippen molar-refractivity contribution in [1.82, 2.24) is 5.32 Å². The van der Waals surface area contributed by atoms with E-state index in [4.69, 9.17) is 42.6 Å². The van der Waals surface area contributed by atoms with Gasteiger partial charge in [-0.15, -0.1) is 0 Å². The second kappa shape index (κ2) is 21.5. The van der Waals surface area contributed by atoms with E-state index in [1.165, 1.54) is 26.8 Å².